The highest BCUT2D eigenvalue weighted by Gasteiger charge is 2.45. The van der Waals surface area contributed by atoms with Crippen LogP contribution in [0.15, 0.2) is 48.5 Å². The van der Waals surface area contributed by atoms with Gasteiger partial charge in [0, 0.05) is 25.9 Å². The SMILES string of the molecule is CC(C)C1NC(=O)C2CCCN2C(=O)C2CCCN2C(=O)C(Cc2ccc(O)cc2)NC(=O)C(Cc2ccc(O)cc2)NC1=O. The van der Waals surface area contributed by atoms with E-state index in [0.717, 1.165) is 0 Å². The van der Waals surface area contributed by atoms with E-state index in [-0.39, 0.29) is 36.2 Å². The number of fused-ring (bicyclic) bond motifs is 2. The molecule has 0 aliphatic carbocycles. The zero-order valence-corrected chi connectivity index (χ0v) is 25.6. The first-order chi connectivity index (χ1) is 21.5. The summed E-state index contributed by atoms with van der Waals surface area (Å²) in [6, 6.07) is 7.82. The third-order valence-corrected chi connectivity index (χ3v) is 8.91. The van der Waals surface area contributed by atoms with Gasteiger partial charge in [-0.1, -0.05) is 38.1 Å². The molecule has 0 aromatic heterocycles. The van der Waals surface area contributed by atoms with E-state index in [9.17, 15) is 34.2 Å². The van der Waals surface area contributed by atoms with Crippen LogP contribution in [0.5, 0.6) is 11.5 Å². The Balaban J connectivity index is 1.54. The van der Waals surface area contributed by atoms with E-state index < -0.39 is 53.8 Å². The van der Waals surface area contributed by atoms with Gasteiger partial charge in [-0.2, -0.15) is 0 Å². The fraction of sp³-hybridized carbons (Fsp3) is 0.485. The number of carbonyl (C=O) groups excluding carboxylic acids is 5. The number of phenolic OH excluding ortho intramolecular Hbond substituents is 2. The minimum absolute atomic E-state index is 0.0483. The number of nitrogens with zero attached hydrogens (tertiary/aromatic N) is 2. The van der Waals surface area contributed by atoms with E-state index >= 15 is 0 Å². The molecular weight excluding hydrogens is 578 g/mol. The molecule has 3 aliphatic rings. The average Bonchev–Trinajstić information content (AvgIpc) is 3.70. The van der Waals surface area contributed by atoms with Gasteiger partial charge in [-0.25, -0.2) is 0 Å². The molecule has 3 fully saturated rings. The number of amides is 5. The van der Waals surface area contributed by atoms with Crippen molar-refractivity contribution >= 4 is 29.5 Å². The number of phenols is 2. The Morgan fingerprint density at radius 2 is 1.13 bits per heavy atom. The normalized spacial score (nSPS) is 26.5. The van der Waals surface area contributed by atoms with Crippen LogP contribution in [-0.4, -0.2) is 92.8 Å². The first kappa shape index (κ1) is 31.8. The van der Waals surface area contributed by atoms with Crippen molar-refractivity contribution in [2.24, 2.45) is 5.92 Å². The number of hydrogen-bond acceptors (Lipinski definition) is 7. The lowest BCUT2D eigenvalue weighted by Gasteiger charge is -2.33. The molecule has 2 aromatic rings. The molecule has 0 bridgehead atoms. The Morgan fingerprint density at radius 3 is 1.69 bits per heavy atom. The van der Waals surface area contributed by atoms with E-state index in [0.29, 0.717) is 49.9 Å². The lowest BCUT2D eigenvalue weighted by molar-refractivity contribution is -0.148. The molecule has 3 saturated heterocycles. The van der Waals surface area contributed by atoms with Gasteiger partial charge in [0.15, 0.2) is 0 Å². The Bertz CT molecular complexity index is 1430. The van der Waals surface area contributed by atoms with Gasteiger partial charge in [0.1, 0.15) is 41.7 Å². The van der Waals surface area contributed by atoms with E-state index in [1.165, 1.54) is 34.1 Å². The third kappa shape index (κ3) is 7.21. The van der Waals surface area contributed by atoms with Crippen molar-refractivity contribution in [1.29, 1.82) is 0 Å². The van der Waals surface area contributed by atoms with Gasteiger partial charge in [-0.05, 0) is 67.0 Å². The van der Waals surface area contributed by atoms with Crippen molar-refractivity contribution in [2.75, 3.05) is 13.1 Å². The van der Waals surface area contributed by atoms with Crippen LogP contribution in [0.4, 0.5) is 0 Å². The highest BCUT2D eigenvalue weighted by atomic mass is 16.3. The van der Waals surface area contributed by atoms with Gasteiger partial charge >= 0.3 is 0 Å². The minimum Gasteiger partial charge on any atom is -0.508 e. The summed E-state index contributed by atoms with van der Waals surface area (Å²) in [5.41, 5.74) is 1.34. The molecule has 2 aromatic carbocycles. The maximum atomic E-state index is 14.2. The summed E-state index contributed by atoms with van der Waals surface area (Å²) in [4.78, 5) is 72.4. The van der Waals surface area contributed by atoms with Crippen LogP contribution in [0, 0.1) is 5.92 Å². The van der Waals surface area contributed by atoms with Crippen molar-refractivity contribution in [3.63, 3.8) is 0 Å². The fourth-order valence-corrected chi connectivity index (χ4v) is 6.44. The monoisotopic (exact) mass is 619 g/mol. The number of benzene rings is 2. The molecule has 240 valence electrons. The largest absolute Gasteiger partial charge is 0.508 e. The standard InChI is InChI=1S/C33H41N5O7/c1-19(2)28-31(43)34-24(17-20-7-11-22(39)12-8-20)29(41)35-25(18-21-9-13-23(40)14-10-21)32(44)38-16-4-6-27(38)33(45)37-15-3-5-26(37)30(42)36-28/h7-14,19,24-28,39-40H,3-6,15-18H2,1-2H3,(H,34,43)(H,35,41)(H,36,42). The van der Waals surface area contributed by atoms with E-state index in [1.807, 2.05) is 0 Å². The number of hydrogen-bond donors (Lipinski definition) is 5. The molecule has 12 nitrogen and oxygen atoms in total. The van der Waals surface area contributed by atoms with Crippen molar-refractivity contribution in [2.45, 2.75) is 82.6 Å². The summed E-state index contributed by atoms with van der Waals surface area (Å²) in [6.45, 7) is 4.27. The Labute approximate surface area is 262 Å². The fourth-order valence-electron chi connectivity index (χ4n) is 6.44. The Hall–Kier alpha value is -4.61. The van der Waals surface area contributed by atoms with Gasteiger partial charge in [-0.15, -0.1) is 0 Å². The molecule has 3 heterocycles. The summed E-state index contributed by atoms with van der Waals surface area (Å²) in [5, 5.41) is 28.1. The quantitative estimate of drug-likeness (QED) is 0.333. The van der Waals surface area contributed by atoms with Crippen LogP contribution in [0.3, 0.4) is 0 Å². The molecule has 5 atom stereocenters. The van der Waals surface area contributed by atoms with Gasteiger partial charge in [-0.3, -0.25) is 24.0 Å². The van der Waals surface area contributed by atoms with E-state index in [2.05, 4.69) is 16.0 Å². The van der Waals surface area contributed by atoms with Gasteiger partial charge in [0.25, 0.3) is 0 Å². The molecule has 0 radical (unpaired) electrons. The minimum atomic E-state index is -1.13. The Kier molecular flexibility index (Phi) is 9.60. The lowest BCUT2D eigenvalue weighted by atomic mass is 9.99. The van der Waals surface area contributed by atoms with Crippen LogP contribution in [0.1, 0.15) is 50.7 Å². The van der Waals surface area contributed by atoms with Crippen LogP contribution in [0.25, 0.3) is 0 Å². The average molecular weight is 620 g/mol. The number of aromatic hydroxyl groups is 2. The lowest BCUT2D eigenvalue weighted by Crippen LogP contribution is -2.59. The van der Waals surface area contributed by atoms with Crippen molar-refractivity contribution in [1.82, 2.24) is 25.8 Å². The second-order valence-corrected chi connectivity index (χ2v) is 12.5. The zero-order valence-electron chi connectivity index (χ0n) is 25.6. The number of carbonyl (C=O) groups is 5. The van der Waals surface area contributed by atoms with Crippen LogP contribution < -0.4 is 16.0 Å². The summed E-state index contributed by atoms with van der Waals surface area (Å²) in [6.07, 6.45) is 2.24. The van der Waals surface area contributed by atoms with E-state index in [1.54, 1.807) is 38.1 Å². The highest BCUT2D eigenvalue weighted by molar-refractivity contribution is 5.98. The summed E-state index contributed by atoms with van der Waals surface area (Å²) >= 11 is 0. The number of nitrogens with one attached hydrogen (secondary N) is 3. The molecule has 3 aliphatic heterocycles. The predicted octanol–water partition coefficient (Wildman–Crippen LogP) is 0.989. The molecule has 0 spiro atoms. The van der Waals surface area contributed by atoms with Gasteiger partial charge in [0.2, 0.25) is 29.5 Å². The molecule has 0 saturated carbocycles. The molecule has 5 rings (SSSR count). The second-order valence-electron chi connectivity index (χ2n) is 12.5. The summed E-state index contributed by atoms with van der Waals surface area (Å²) in [7, 11) is 0. The summed E-state index contributed by atoms with van der Waals surface area (Å²) in [5.74, 6) is -2.58. The molecular formula is C33H41N5O7. The number of rotatable bonds is 5. The van der Waals surface area contributed by atoms with Gasteiger partial charge < -0.3 is 36.0 Å². The van der Waals surface area contributed by atoms with Crippen molar-refractivity contribution in [3.8, 4) is 11.5 Å². The van der Waals surface area contributed by atoms with E-state index in [4.69, 9.17) is 0 Å². The topological polar surface area (TPSA) is 168 Å². The smallest absolute Gasteiger partial charge is 0.246 e. The van der Waals surface area contributed by atoms with Crippen molar-refractivity contribution in [3.05, 3.63) is 59.7 Å². The molecule has 45 heavy (non-hydrogen) atoms. The molecule has 5 N–H and O–H groups in total. The first-order valence-electron chi connectivity index (χ1n) is 15.6. The van der Waals surface area contributed by atoms with Crippen molar-refractivity contribution < 1.29 is 34.2 Å². The maximum absolute atomic E-state index is 14.2. The zero-order chi connectivity index (χ0) is 32.2. The second kappa shape index (κ2) is 13.6. The highest BCUT2D eigenvalue weighted by Crippen LogP contribution is 2.27. The summed E-state index contributed by atoms with van der Waals surface area (Å²) < 4.78 is 0. The maximum Gasteiger partial charge on any atom is 0.246 e. The first-order valence-corrected chi connectivity index (χ1v) is 15.6. The van der Waals surface area contributed by atoms with Crippen LogP contribution in [-0.2, 0) is 36.8 Å². The third-order valence-electron chi connectivity index (χ3n) is 8.91. The van der Waals surface area contributed by atoms with Crippen LogP contribution >= 0.6 is 0 Å². The molecule has 5 amide bonds. The predicted molar refractivity (Wildman–Crippen MR) is 164 cm³/mol. The Morgan fingerprint density at radius 1 is 0.644 bits per heavy atom. The molecule has 12 heteroatoms. The molecule has 5 unspecified atom stereocenters. The van der Waals surface area contributed by atoms with Crippen LogP contribution in [0.2, 0.25) is 0 Å². The van der Waals surface area contributed by atoms with Gasteiger partial charge in [0.05, 0.1) is 0 Å².